The van der Waals surface area contributed by atoms with Gasteiger partial charge in [0, 0.05) is 23.7 Å². The highest BCUT2D eigenvalue weighted by Gasteiger charge is 2.16. The summed E-state index contributed by atoms with van der Waals surface area (Å²) in [6.45, 7) is 3.13. The highest BCUT2D eigenvalue weighted by atomic mass is 32.2. The second kappa shape index (κ2) is 3.88. The molecule has 4 heteroatoms. The Labute approximate surface area is 87.7 Å². The Morgan fingerprint density at radius 1 is 1.77 bits per heavy atom. The summed E-state index contributed by atoms with van der Waals surface area (Å²) in [5.41, 5.74) is 1.16. The van der Waals surface area contributed by atoms with E-state index in [0.717, 1.165) is 22.3 Å². The molecule has 1 aliphatic heterocycles. The summed E-state index contributed by atoms with van der Waals surface area (Å²) >= 11 is 7.28. The van der Waals surface area contributed by atoms with Crippen molar-refractivity contribution in [1.82, 2.24) is 9.55 Å². The Hall–Kier alpha value is -0.220. The van der Waals surface area contributed by atoms with Gasteiger partial charge < -0.3 is 9.55 Å². The number of nitrogens with zero attached hydrogens (tertiary/aromatic N) is 1. The number of thioether (sulfide) groups is 1. The van der Waals surface area contributed by atoms with Crippen LogP contribution in [0.1, 0.15) is 18.5 Å². The summed E-state index contributed by atoms with van der Waals surface area (Å²) in [5, 5.41) is 0.780. The number of hydrogen-bond acceptors (Lipinski definition) is 2. The molecule has 0 radical (unpaired) electrons. The lowest BCUT2D eigenvalue weighted by Crippen LogP contribution is -2.08. The van der Waals surface area contributed by atoms with Crippen LogP contribution in [-0.2, 0) is 6.54 Å². The Kier molecular flexibility index (Phi) is 2.79. The molecule has 2 nitrogen and oxygen atoms in total. The van der Waals surface area contributed by atoms with E-state index in [4.69, 9.17) is 12.2 Å². The van der Waals surface area contributed by atoms with E-state index in [1.54, 1.807) is 0 Å². The van der Waals surface area contributed by atoms with Gasteiger partial charge in [0.15, 0.2) is 4.77 Å². The number of nitrogens with one attached hydrogen (secondary N) is 1. The van der Waals surface area contributed by atoms with Crippen LogP contribution < -0.4 is 0 Å². The molecule has 1 aromatic rings. The maximum absolute atomic E-state index is 5.21. The van der Waals surface area contributed by atoms with Crippen LogP contribution in [0.5, 0.6) is 0 Å². The van der Waals surface area contributed by atoms with Gasteiger partial charge in [0.25, 0.3) is 0 Å². The standard InChI is InChI=1S/C9H14N2S2/c1-7-5-11(9(12)10-7)6-8-3-2-4-13-8/h5,8H,2-4,6H2,1H3,(H,10,12). The topological polar surface area (TPSA) is 20.7 Å². The van der Waals surface area contributed by atoms with E-state index >= 15 is 0 Å². The van der Waals surface area contributed by atoms with Crippen LogP contribution in [0.2, 0.25) is 0 Å². The van der Waals surface area contributed by atoms with Gasteiger partial charge in [0.05, 0.1) is 0 Å². The summed E-state index contributed by atoms with van der Waals surface area (Å²) in [5.74, 6) is 1.32. The minimum Gasteiger partial charge on any atom is -0.335 e. The van der Waals surface area contributed by atoms with Gasteiger partial charge in [-0.25, -0.2) is 0 Å². The zero-order chi connectivity index (χ0) is 9.26. The molecule has 0 bridgehead atoms. The molecule has 0 aromatic carbocycles. The minimum atomic E-state index is 0.780. The molecule has 0 amide bonds. The van der Waals surface area contributed by atoms with Gasteiger partial charge in [-0.3, -0.25) is 0 Å². The molecule has 0 aliphatic carbocycles. The van der Waals surface area contributed by atoms with Crippen molar-refractivity contribution < 1.29 is 0 Å². The van der Waals surface area contributed by atoms with E-state index in [1.807, 2.05) is 6.92 Å². The molecular weight excluding hydrogens is 200 g/mol. The number of imidazole rings is 1. The van der Waals surface area contributed by atoms with Crippen molar-refractivity contribution in [3.63, 3.8) is 0 Å². The van der Waals surface area contributed by atoms with Crippen molar-refractivity contribution in [2.24, 2.45) is 0 Å². The first-order valence-corrected chi connectivity index (χ1v) is 6.09. The number of hydrogen-bond donors (Lipinski definition) is 1. The maximum Gasteiger partial charge on any atom is 0.177 e. The lowest BCUT2D eigenvalue weighted by molar-refractivity contribution is 0.632. The van der Waals surface area contributed by atoms with Crippen LogP contribution >= 0.6 is 24.0 Å². The van der Waals surface area contributed by atoms with Crippen LogP contribution in [0, 0.1) is 11.7 Å². The molecule has 0 spiro atoms. The summed E-state index contributed by atoms with van der Waals surface area (Å²) < 4.78 is 3.03. The van der Waals surface area contributed by atoms with Gasteiger partial charge in [0.2, 0.25) is 0 Å². The van der Waals surface area contributed by atoms with Crippen molar-refractivity contribution in [3.05, 3.63) is 16.7 Å². The average Bonchev–Trinajstić information content (AvgIpc) is 2.63. The first kappa shape index (κ1) is 9.34. The predicted octanol–water partition coefficient (Wildman–Crippen LogP) is 2.75. The fraction of sp³-hybridized carbons (Fsp3) is 0.667. The third-order valence-corrected chi connectivity index (χ3v) is 4.06. The average molecular weight is 214 g/mol. The summed E-state index contributed by atoms with van der Waals surface area (Å²) in [6, 6.07) is 0. The third-order valence-electron chi connectivity index (χ3n) is 2.34. The van der Waals surface area contributed by atoms with E-state index < -0.39 is 0 Å². The molecule has 2 rings (SSSR count). The van der Waals surface area contributed by atoms with Crippen LogP contribution in [0.25, 0.3) is 0 Å². The highest BCUT2D eigenvalue weighted by Crippen LogP contribution is 2.27. The first-order valence-electron chi connectivity index (χ1n) is 4.63. The Morgan fingerprint density at radius 2 is 2.62 bits per heavy atom. The van der Waals surface area contributed by atoms with Crippen LogP contribution in [0.15, 0.2) is 6.20 Å². The number of H-pyrrole nitrogens is 1. The lowest BCUT2D eigenvalue weighted by Gasteiger charge is -2.08. The monoisotopic (exact) mass is 214 g/mol. The van der Waals surface area contributed by atoms with E-state index in [-0.39, 0.29) is 0 Å². The molecule has 1 aliphatic rings. The quantitative estimate of drug-likeness (QED) is 0.764. The number of aryl methyl sites for hydroxylation is 1. The van der Waals surface area contributed by atoms with Gasteiger partial charge in [0.1, 0.15) is 0 Å². The lowest BCUT2D eigenvalue weighted by atomic mass is 10.2. The van der Waals surface area contributed by atoms with Crippen LogP contribution in [0.3, 0.4) is 0 Å². The van der Waals surface area contributed by atoms with Crippen molar-refractivity contribution in [2.75, 3.05) is 5.75 Å². The summed E-state index contributed by atoms with van der Waals surface area (Å²) in [6.07, 6.45) is 4.82. The second-order valence-corrected chi connectivity index (χ2v) is 5.32. The highest BCUT2D eigenvalue weighted by molar-refractivity contribution is 8.00. The maximum atomic E-state index is 5.21. The third kappa shape index (κ3) is 2.17. The Bertz CT molecular complexity index is 334. The zero-order valence-corrected chi connectivity index (χ0v) is 9.38. The molecule has 1 N–H and O–H groups in total. The molecule has 1 aromatic heterocycles. The fourth-order valence-electron chi connectivity index (χ4n) is 1.71. The molecule has 2 heterocycles. The SMILES string of the molecule is Cc1cn(CC2CCCS2)c(=S)[nH]1. The van der Waals surface area contributed by atoms with Crippen molar-refractivity contribution in [1.29, 1.82) is 0 Å². The van der Waals surface area contributed by atoms with Crippen molar-refractivity contribution >= 4 is 24.0 Å². The number of aromatic amines is 1. The largest absolute Gasteiger partial charge is 0.335 e. The van der Waals surface area contributed by atoms with Gasteiger partial charge in [-0.05, 0) is 37.7 Å². The van der Waals surface area contributed by atoms with Crippen LogP contribution in [0.4, 0.5) is 0 Å². The van der Waals surface area contributed by atoms with Gasteiger partial charge in [-0.1, -0.05) is 0 Å². The summed E-state index contributed by atoms with van der Waals surface area (Å²) in [4.78, 5) is 3.15. The minimum absolute atomic E-state index is 0.780. The van der Waals surface area contributed by atoms with E-state index in [1.165, 1.54) is 18.6 Å². The first-order chi connectivity index (χ1) is 6.25. The molecule has 0 saturated carbocycles. The van der Waals surface area contributed by atoms with E-state index in [2.05, 4.69) is 27.5 Å². The Balaban J connectivity index is 2.08. The summed E-state index contributed by atoms with van der Waals surface area (Å²) in [7, 11) is 0. The molecule has 72 valence electrons. The predicted molar refractivity (Wildman–Crippen MR) is 59.8 cm³/mol. The van der Waals surface area contributed by atoms with E-state index in [0.29, 0.717) is 0 Å². The fourth-order valence-corrected chi connectivity index (χ4v) is 3.26. The van der Waals surface area contributed by atoms with E-state index in [9.17, 15) is 0 Å². The van der Waals surface area contributed by atoms with Gasteiger partial charge in [-0.2, -0.15) is 11.8 Å². The van der Waals surface area contributed by atoms with Gasteiger partial charge >= 0.3 is 0 Å². The molecule has 1 unspecified atom stereocenters. The molecule has 1 fully saturated rings. The molecule has 1 saturated heterocycles. The number of rotatable bonds is 2. The molecule has 13 heavy (non-hydrogen) atoms. The second-order valence-electron chi connectivity index (χ2n) is 3.53. The van der Waals surface area contributed by atoms with Crippen molar-refractivity contribution in [2.45, 2.75) is 31.6 Å². The molecule has 1 atom stereocenters. The van der Waals surface area contributed by atoms with Crippen LogP contribution in [-0.4, -0.2) is 20.6 Å². The smallest absolute Gasteiger partial charge is 0.177 e. The molecular formula is C9H14N2S2. The van der Waals surface area contributed by atoms with Crippen molar-refractivity contribution in [3.8, 4) is 0 Å². The normalized spacial score (nSPS) is 22.4. The zero-order valence-electron chi connectivity index (χ0n) is 7.75. The Morgan fingerprint density at radius 3 is 3.15 bits per heavy atom. The van der Waals surface area contributed by atoms with Gasteiger partial charge in [-0.15, -0.1) is 0 Å². The number of aromatic nitrogens is 2.